The van der Waals surface area contributed by atoms with E-state index in [1.165, 1.54) is 12.1 Å². The van der Waals surface area contributed by atoms with Gasteiger partial charge in [0.05, 0.1) is 22.1 Å². The molecule has 0 atom stereocenters. The Labute approximate surface area is 150 Å². The Hall–Kier alpha value is -1.09. The van der Waals surface area contributed by atoms with Gasteiger partial charge in [-0.15, -0.1) is 0 Å². The standard InChI is InChI=1S/C13H11F3N2O2S.Na/c1-2-17-10-9(18-21-11(10)12(19)20)7-4-3-5-8(6-7)13(14,15)16;/h3-6,17H,2H2,1H3,(H,19,20);/q;+1/p-1. The summed E-state index contributed by atoms with van der Waals surface area (Å²) in [6, 6.07) is 4.59. The topological polar surface area (TPSA) is 65.0 Å². The molecule has 0 radical (unpaired) electrons. The average Bonchev–Trinajstić information content (AvgIpc) is 2.82. The Kier molecular flexibility index (Phi) is 6.42. The molecule has 1 aromatic carbocycles. The summed E-state index contributed by atoms with van der Waals surface area (Å²) >= 11 is 0.677. The van der Waals surface area contributed by atoms with Crippen molar-refractivity contribution in [2.45, 2.75) is 13.1 Å². The largest absolute Gasteiger partial charge is 1.00 e. The number of aromatic carboxylic acids is 1. The normalized spacial score (nSPS) is 10.9. The van der Waals surface area contributed by atoms with E-state index in [9.17, 15) is 23.1 Å². The summed E-state index contributed by atoms with van der Waals surface area (Å²) in [5, 5.41) is 13.8. The van der Waals surface area contributed by atoms with Crippen molar-refractivity contribution in [2.24, 2.45) is 0 Å². The zero-order valence-corrected chi connectivity index (χ0v) is 14.6. The maximum absolute atomic E-state index is 12.7. The molecule has 0 amide bonds. The van der Waals surface area contributed by atoms with E-state index in [0.717, 1.165) is 12.1 Å². The van der Waals surface area contributed by atoms with Crippen LogP contribution in [0.25, 0.3) is 11.3 Å². The van der Waals surface area contributed by atoms with Crippen LogP contribution < -0.4 is 40.0 Å². The third-order valence-corrected chi connectivity index (χ3v) is 3.52. The fourth-order valence-electron chi connectivity index (χ4n) is 1.81. The second kappa shape index (κ2) is 7.45. The van der Waals surface area contributed by atoms with Gasteiger partial charge in [-0.05, 0) is 30.6 Å². The summed E-state index contributed by atoms with van der Waals surface area (Å²) in [4.78, 5) is 10.9. The van der Waals surface area contributed by atoms with E-state index in [-0.39, 0.29) is 51.4 Å². The summed E-state index contributed by atoms with van der Waals surface area (Å²) < 4.78 is 42.1. The predicted octanol–water partition coefficient (Wildman–Crippen LogP) is -0.372. The molecular weight excluding hydrogens is 328 g/mol. The van der Waals surface area contributed by atoms with Gasteiger partial charge in [-0.2, -0.15) is 17.5 Å². The van der Waals surface area contributed by atoms with Gasteiger partial charge in [0.1, 0.15) is 5.69 Å². The number of carbonyl (C=O) groups excluding carboxylic acids is 1. The summed E-state index contributed by atoms with van der Waals surface area (Å²) in [6.45, 7) is 2.15. The number of nitrogens with zero attached hydrogens (tertiary/aromatic N) is 1. The van der Waals surface area contributed by atoms with Crippen LogP contribution in [0.2, 0.25) is 0 Å². The average molecular weight is 338 g/mol. The second-order valence-corrected chi connectivity index (χ2v) is 4.91. The van der Waals surface area contributed by atoms with Gasteiger partial charge in [0.15, 0.2) is 0 Å². The summed E-state index contributed by atoms with van der Waals surface area (Å²) in [5.74, 6) is -1.42. The van der Waals surface area contributed by atoms with E-state index in [4.69, 9.17) is 0 Å². The molecule has 0 saturated carbocycles. The van der Waals surface area contributed by atoms with E-state index < -0.39 is 17.7 Å². The molecule has 0 saturated heterocycles. The number of hydrogen-bond acceptors (Lipinski definition) is 5. The second-order valence-electron chi connectivity index (χ2n) is 4.13. The molecule has 0 fully saturated rings. The van der Waals surface area contributed by atoms with E-state index in [1.807, 2.05) is 0 Å². The monoisotopic (exact) mass is 338 g/mol. The first-order valence-corrected chi connectivity index (χ1v) is 6.74. The first kappa shape index (κ1) is 19.0. The van der Waals surface area contributed by atoms with Crippen molar-refractivity contribution in [2.75, 3.05) is 11.9 Å². The Morgan fingerprint density at radius 3 is 2.64 bits per heavy atom. The van der Waals surface area contributed by atoms with Crippen LogP contribution in [0.15, 0.2) is 24.3 Å². The van der Waals surface area contributed by atoms with Crippen molar-refractivity contribution in [3.05, 3.63) is 34.7 Å². The zero-order chi connectivity index (χ0) is 15.6. The summed E-state index contributed by atoms with van der Waals surface area (Å²) in [7, 11) is 0. The number of hydrogen-bond donors (Lipinski definition) is 1. The Morgan fingerprint density at radius 1 is 1.41 bits per heavy atom. The van der Waals surface area contributed by atoms with Crippen LogP contribution in [0.3, 0.4) is 0 Å². The summed E-state index contributed by atoms with van der Waals surface area (Å²) in [5.41, 5.74) is -0.260. The fourth-order valence-corrected chi connectivity index (χ4v) is 2.52. The molecule has 0 aliphatic carbocycles. The first-order valence-electron chi connectivity index (χ1n) is 5.97. The number of carbonyl (C=O) groups is 1. The Morgan fingerprint density at radius 2 is 2.09 bits per heavy atom. The van der Waals surface area contributed by atoms with Crippen LogP contribution >= 0.6 is 11.5 Å². The number of benzene rings is 1. The van der Waals surface area contributed by atoms with Crippen molar-refractivity contribution >= 4 is 23.2 Å². The van der Waals surface area contributed by atoms with Gasteiger partial charge in [0.2, 0.25) is 0 Å². The minimum absolute atomic E-state index is 0. The number of anilines is 1. The molecule has 0 aliphatic rings. The molecule has 0 unspecified atom stereocenters. The van der Waals surface area contributed by atoms with Gasteiger partial charge >= 0.3 is 35.7 Å². The third-order valence-electron chi connectivity index (χ3n) is 2.69. The van der Waals surface area contributed by atoms with Gasteiger partial charge in [-0.1, -0.05) is 12.1 Å². The number of carboxylic acids is 1. The fraction of sp³-hybridized carbons (Fsp3) is 0.231. The SMILES string of the molecule is CCNc1c(-c2cccc(C(F)(F)F)c2)nsc1C(=O)[O-].[Na+]. The minimum atomic E-state index is -4.47. The number of nitrogens with one attached hydrogen (secondary N) is 1. The van der Waals surface area contributed by atoms with Crippen LogP contribution in [-0.2, 0) is 6.18 Å². The van der Waals surface area contributed by atoms with Crippen LogP contribution in [0.5, 0.6) is 0 Å². The van der Waals surface area contributed by atoms with Crippen LogP contribution in [-0.4, -0.2) is 16.9 Å². The quantitative estimate of drug-likeness (QED) is 0.773. The third kappa shape index (κ3) is 4.01. The predicted molar refractivity (Wildman–Crippen MR) is 71.0 cm³/mol. The van der Waals surface area contributed by atoms with Crippen molar-refractivity contribution < 1.29 is 52.6 Å². The molecule has 2 aromatic rings. The van der Waals surface area contributed by atoms with Crippen LogP contribution in [0.1, 0.15) is 22.2 Å². The Balaban J connectivity index is 0.00000242. The van der Waals surface area contributed by atoms with Gasteiger partial charge in [-0.25, -0.2) is 0 Å². The van der Waals surface area contributed by atoms with Gasteiger partial charge in [0.25, 0.3) is 0 Å². The van der Waals surface area contributed by atoms with E-state index in [1.54, 1.807) is 6.92 Å². The van der Waals surface area contributed by atoms with Crippen molar-refractivity contribution in [3.8, 4) is 11.3 Å². The zero-order valence-electron chi connectivity index (χ0n) is 11.8. The van der Waals surface area contributed by atoms with E-state index in [0.29, 0.717) is 18.1 Å². The van der Waals surface area contributed by atoms with E-state index >= 15 is 0 Å². The number of halogens is 3. The van der Waals surface area contributed by atoms with Crippen molar-refractivity contribution in [1.82, 2.24) is 4.37 Å². The van der Waals surface area contributed by atoms with Gasteiger partial charge in [-0.3, -0.25) is 0 Å². The van der Waals surface area contributed by atoms with Crippen LogP contribution in [0, 0.1) is 0 Å². The van der Waals surface area contributed by atoms with E-state index in [2.05, 4.69) is 9.69 Å². The molecule has 1 heterocycles. The van der Waals surface area contributed by atoms with Crippen LogP contribution in [0.4, 0.5) is 18.9 Å². The first-order chi connectivity index (χ1) is 9.84. The van der Waals surface area contributed by atoms with Gasteiger partial charge < -0.3 is 15.2 Å². The molecule has 1 aromatic heterocycles. The molecule has 2 rings (SSSR count). The maximum Gasteiger partial charge on any atom is 1.00 e. The van der Waals surface area contributed by atoms with Crippen molar-refractivity contribution in [3.63, 3.8) is 0 Å². The maximum atomic E-state index is 12.7. The molecule has 4 nitrogen and oxygen atoms in total. The molecule has 1 N–H and O–H groups in total. The molecule has 0 spiro atoms. The molecule has 9 heteroatoms. The molecular formula is C13H10F3N2NaO2S. The number of rotatable bonds is 4. The molecule has 0 aliphatic heterocycles. The molecule has 112 valence electrons. The summed E-state index contributed by atoms with van der Waals surface area (Å²) in [6.07, 6.45) is -4.47. The molecule has 0 bridgehead atoms. The van der Waals surface area contributed by atoms with Gasteiger partial charge in [0, 0.05) is 12.1 Å². The molecule has 22 heavy (non-hydrogen) atoms. The Bertz CT molecular complexity index is 674. The number of alkyl halides is 3. The number of carboxylic acid groups (broad SMARTS) is 1. The minimum Gasteiger partial charge on any atom is -0.544 e. The number of aromatic nitrogens is 1. The smallest absolute Gasteiger partial charge is 0.544 e. The van der Waals surface area contributed by atoms with Crippen molar-refractivity contribution in [1.29, 1.82) is 0 Å².